The molecule has 74 valence electrons. The van der Waals surface area contributed by atoms with E-state index in [2.05, 4.69) is 4.99 Å². The number of hydrogen-bond acceptors (Lipinski definition) is 5. The normalized spacial score (nSPS) is 10.6. The molecule has 0 aromatic heterocycles. The van der Waals surface area contributed by atoms with Crippen molar-refractivity contribution < 1.29 is 18.3 Å². The minimum Gasteiger partial charge on any atom is -0.506 e. The molecular weight excluding hydrogens is 208 g/mol. The molecular formula is C7H6N2O4S. The quantitative estimate of drug-likeness (QED) is 0.533. The number of primary sulfonamides is 1. The summed E-state index contributed by atoms with van der Waals surface area (Å²) in [6.45, 7) is 0. The lowest BCUT2D eigenvalue weighted by molar-refractivity contribution is 0.476. The third-order valence-corrected chi connectivity index (χ3v) is 2.35. The molecule has 0 aliphatic rings. The highest BCUT2D eigenvalue weighted by Gasteiger charge is 2.10. The van der Waals surface area contributed by atoms with Crippen molar-refractivity contribution >= 4 is 21.8 Å². The fourth-order valence-corrected chi connectivity index (χ4v) is 1.35. The molecule has 0 atom stereocenters. The van der Waals surface area contributed by atoms with E-state index in [4.69, 9.17) is 10.2 Å². The number of phenols is 1. The Morgan fingerprint density at radius 3 is 2.57 bits per heavy atom. The molecule has 0 aliphatic carbocycles. The largest absolute Gasteiger partial charge is 0.506 e. The Morgan fingerprint density at radius 2 is 2.07 bits per heavy atom. The third-order valence-electron chi connectivity index (χ3n) is 1.44. The van der Waals surface area contributed by atoms with E-state index >= 15 is 0 Å². The summed E-state index contributed by atoms with van der Waals surface area (Å²) in [5, 5.41) is 13.9. The van der Waals surface area contributed by atoms with Crippen molar-refractivity contribution in [3.8, 4) is 5.75 Å². The van der Waals surface area contributed by atoms with E-state index in [1.165, 1.54) is 6.08 Å². The summed E-state index contributed by atoms with van der Waals surface area (Å²) in [5.74, 6) is -0.319. The van der Waals surface area contributed by atoms with Gasteiger partial charge in [0.1, 0.15) is 11.4 Å². The standard InChI is InChI=1S/C7H6N2O4S/c8-14(12,13)5-1-2-7(11)6(3-5)9-4-10/h1-3,11H,(H2,8,12,13). The predicted molar refractivity (Wildman–Crippen MR) is 47.3 cm³/mol. The monoisotopic (exact) mass is 214 g/mol. The number of nitrogens with two attached hydrogens (primary N) is 1. The Bertz CT molecular complexity index is 502. The van der Waals surface area contributed by atoms with Crippen LogP contribution >= 0.6 is 0 Å². The van der Waals surface area contributed by atoms with Gasteiger partial charge in [0.2, 0.25) is 16.1 Å². The van der Waals surface area contributed by atoms with Crippen LogP contribution in [0.5, 0.6) is 5.75 Å². The molecule has 0 amide bonds. The lowest BCUT2D eigenvalue weighted by Gasteiger charge is -2.00. The number of rotatable bonds is 2. The third kappa shape index (κ3) is 2.17. The van der Waals surface area contributed by atoms with Gasteiger partial charge >= 0.3 is 0 Å². The van der Waals surface area contributed by atoms with Crippen LogP contribution in [-0.2, 0) is 14.8 Å². The van der Waals surface area contributed by atoms with Crippen molar-refractivity contribution in [2.45, 2.75) is 4.90 Å². The van der Waals surface area contributed by atoms with Gasteiger partial charge in [-0.2, -0.15) is 4.99 Å². The van der Waals surface area contributed by atoms with Crippen molar-refractivity contribution in [3.63, 3.8) is 0 Å². The fourth-order valence-electron chi connectivity index (χ4n) is 0.819. The zero-order valence-corrected chi connectivity index (χ0v) is 7.65. The number of nitrogens with zero attached hydrogens (tertiary/aromatic N) is 1. The molecule has 3 N–H and O–H groups in total. The van der Waals surface area contributed by atoms with Crippen molar-refractivity contribution in [3.05, 3.63) is 18.2 Å². The van der Waals surface area contributed by atoms with Crippen molar-refractivity contribution in [2.75, 3.05) is 0 Å². The van der Waals surface area contributed by atoms with Crippen LogP contribution < -0.4 is 5.14 Å². The zero-order valence-electron chi connectivity index (χ0n) is 6.84. The topological polar surface area (TPSA) is 110 Å². The zero-order chi connectivity index (χ0) is 10.8. The SMILES string of the molecule is NS(=O)(=O)c1ccc(O)c(N=C=O)c1. The number of hydrogen-bond donors (Lipinski definition) is 2. The molecule has 0 spiro atoms. The number of sulfonamides is 1. The van der Waals surface area contributed by atoms with E-state index in [9.17, 15) is 13.2 Å². The van der Waals surface area contributed by atoms with Crippen molar-refractivity contribution in [2.24, 2.45) is 10.1 Å². The van der Waals surface area contributed by atoms with Gasteiger partial charge in [0.15, 0.2) is 0 Å². The second kappa shape index (κ2) is 3.59. The van der Waals surface area contributed by atoms with E-state index in [0.717, 1.165) is 18.2 Å². The average Bonchev–Trinajstić information content (AvgIpc) is 2.07. The molecule has 1 aromatic carbocycles. The van der Waals surface area contributed by atoms with Crippen molar-refractivity contribution in [1.29, 1.82) is 0 Å². The maximum atomic E-state index is 10.9. The molecule has 0 saturated heterocycles. The average molecular weight is 214 g/mol. The molecule has 1 aromatic rings. The Kier molecular flexibility index (Phi) is 2.66. The van der Waals surface area contributed by atoms with Crippen LogP contribution in [-0.4, -0.2) is 19.6 Å². The van der Waals surface area contributed by atoms with Gasteiger partial charge in [-0.05, 0) is 18.2 Å². The molecule has 0 heterocycles. The Balaban J connectivity index is 3.41. The minimum absolute atomic E-state index is 0.188. The molecule has 1 rings (SSSR count). The molecule has 0 unspecified atom stereocenters. The van der Waals surface area contributed by atoms with Crippen LogP contribution in [0.15, 0.2) is 28.1 Å². The van der Waals surface area contributed by atoms with Crippen molar-refractivity contribution in [1.82, 2.24) is 0 Å². The van der Waals surface area contributed by atoms with Crippen LogP contribution in [0.25, 0.3) is 0 Å². The molecule has 0 radical (unpaired) electrons. The number of benzene rings is 1. The predicted octanol–water partition coefficient (Wildman–Crippen LogP) is 0.00690. The molecule has 0 aliphatic heterocycles. The molecule has 0 saturated carbocycles. The lowest BCUT2D eigenvalue weighted by atomic mass is 10.3. The highest BCUT2D eigenvalue weighted by molar-refractivity contribution is 7.89. The number of isocyanates is 1. The maximum absolute atomic E-state index is 10.9. The first-order chi connectivity index (χ1) is 6.45. The molecule has 0 fully saturated rings. The number of carbonyl (C=O) groups excluding carboxylic acids is 1. The van der Waals surface area contributed by atoms with Gasteiger partial charge in [-0.25, -0.2) is 18.4 Å². The first kappa shape index (κ1) is 10.4. The van der Waals surface area contributed by atoms with Crippen LogP contribution in [0.2, 0.25) is 0 Å². The first-order valence-electron chi connectivity index (χ1n) is 3.39. The van der Waals surface area contributed by atoms with Gasteiger partial charge in [-0.3, -0.25) is 0 Å². The molecule has 0 bridgehead atoms. The second-order valence-corrected chi connectivity index (χ2v) is 3.96. The van der Waals surface area contributed by atoms with Gasteiger partial charge in [-0.15, -0.1) is 0 Å². The number of phenolic OH excluding ortho intramolecular Hbond substituents is 1. The highest BCUT2D eigenvalue weighted by atomic mass is 32.2. The summed E-state index contributed by atoms with van der Waals surface area (Å²) >= 11 is 0. The summed E-state index contributed by atoms with van der Waals surface area (Å²) in [4.78, 5) is 12.8. The summed E-state index contributed by atoms with van der Waals surface area (Å²) in [6, 6.07) is 3.17. The van der Waals surface area contributed by atoms with Crippen LogP contribution in [0, 0.1) is 0 Å². The summed E-state index contributed by atoms with van der Waals surface area (Å²) < 4.78 is 21.7. The van der Waals surface area contributed by atoms with Gasteiger partial charge < -0.3 is 5.11 Å². The Labute approximate surface area is 79.7 Å². The van der Waals surface area contributed by atoms with E-state index < -0.39 is 10.0 Å². The highest BCUT2D eigenvalue weighted by Crippen LogP contribution is 2.27. The second-order valence-electron chi connectivity index (χ2n) is 2.40. The molecule has 7 heteroatoms. The Morgan fingerprint density at radius 1 is 1.43 bits per heavy atom. The lowest BCUT2D eigenvalue weighted by Crippen LogP contribution is -2.11. The maximum Gasteiger partial charge on any atom is 0.240 e. The smallest absolute Gasteiger partial charge is 0.240 e. The van der Waals surface area contributed by atoms with Crippen LogP contribution in [0.4, 0.5) is 5.69 Å². The van der Waals surface area contributed by atoms with Crippen LogP contribution in [0.1, 0.15) is 0 Å². The first-order valence-corrected chi connectivity index (χ1v) is 4.93. The van der Waals surface area contributed by atoms with Gasteiger partial charge in [0.25, 0.3) is 0 Å². The number of aromatic hydroxyl groups is 1. The summed E-state index contributed by atoms with van der Waals surface area (Å²) in [5.41, 5.74) is -0.188. The van der Waals surface area contributed by atoms with E-state index in [0.29, 0.717) is 0 Å². The van der Waals surface area contributed by atoms with Gasteiger partial charge in [0, 0.05) is 0 Å². The van der Waals surface area contributed by atoms with E-state index in [1.54, 1.807) is 0 Å². The van der Waals surface area contributed by atoms with Gasteiger partial charge in [-0.1, -0.05) is 0 Å². The number of aliphatic imine (C=N–C) groups is 1. The molecule has 6 nitrogen and oxygen atoms in total. The molecule has 14 heavy (non-hydrogen) atoms. The summed E-state index contributed by atoms with van der Waals surface area (Å²) in [7, 11) is -3.86. The van der Waals surface area contributed by atoms with E-state index in [1.807, 2.05) is 0 Å². The minimum atomic E-state index is -3.86. The van der Waals surface area contributed by atoms with Crippen LogP contribution in [0.3, 0.4) is 0 Å². The fraction of sp³-hybridized carbons (Fsp3) is 0. The summed E-state index contributed by atoms with van der Waals surface area (Å²) in [6.07, 6.45) is 1.18. The Hall–Kier alpha value is -1.69. The van der Waals surface area contributed by atoms with Gasteiger partial charge in [0.05, 0.1) is 4.90 Å². The van der Waals surface area contributed by atoms with E-state index in [-0.39, 0.29) is 16.3 Å².